The minimum Gasteiger partial charge on any atom is -0.393 e. The van der Waals surface area contributed by atoms with Crippen LogP contribution in [0.1, 0.15) is 78.2 Å². The van der Waals surface area contributed by atoms with E-state index in [1.807, 2.05) is 60.4 Å². The summed E-state index contributed by atoms with van der Waals surface area (Å²) in [5.74, 6) is 0.377. The van der Waals surface area contributed by atoms with Crippen molar-refractivity contribution in [2.24, 2.45) is 33.5 Å². The highest BCUT2D eigenvalue weighted by molar-refractivity contribution is 7.14. The first kappa shape index (κ1) is 33.1. The first-order chi connectivity index (χ1) is 23.4. The van der Waals surface area contributed by atoms with E-state index in [2.05, 4.69) is 48.8 Å². The van der Waals surface area contributed by atoms with Crippen molar-refractivity contribution in [2.75, 3.05) is 18.4 Å². The number of fused-ring (bicyclic) bond motifs is 1. The second kappa shape index (κ2) is 11.8. The van der Waals surface area contributed by atoms with Gasteiger partial charge >= 0.3 is 6.03 Å². The van der Waals surface area contributed by atoms with Crippen LogP contribution in [0.4, 0.5) is 10.5 Å². The number of allylic oxidation sites excluding steroid dienone is 4. The van der Waals surface area contributed by atoms with E-state index in [1.165, 1.54) is 4.88 Å². The number of anilines is 1. The normalized spacial score (nSPS) is 37.2. The lowest BCUT2D eigenvalue weighted by molar-refractivity contribution is -0.174. The topological polar surface area (TPSA) is 89.9 Å². The number of nitrogens with zero attached hydrogens (tertiary/aromatic N) is 1. The van der Waals surface area contributed by atoms with Crippen LogP contribution in [0, 0.1) is 40.4 Å². The summed E-state index contributed by atoms with van der Waals surface area (Å²) in [4.78, 5) is 33.6. The standard InChI is InChI=1S/C41H48N2O4S2/c1-27-11-12-32(49-27)35(45)31-25-39-20-21-41(31)33(37(39,2)17-13-29(44)24-39)14-18-38(3)34(41)15-19-40(38,47)26-43(22-16-30-10-7-23-48-30)36(46)42-28-8-5-4-6-9-28/h4-12,20-21,23,25,29,33-34,44,47H,13-19,22,24,26H2,1-3H3,(H,42,46)/t29?,33-,34-,37-,38+,39+,40-,41-/m1/s1. The van der Waals surface area contributed by atoms with Crippen LogP contribution in [0.2, 0.25) is 0 Å². The van der Waals surface area contributed by atoms with Crippen molar-refractivity contribution in [2.45, 2.75) is 83.8 Å². The Hall–Kier alpha value is -3.04. The Labute approximate surface area is 297 Å². The molecule has 2 bridgehead atoms. The first-order valence-electron chi connectivity index (χ1n) is 18.0. The summed E-state index contributed by atoms with van der Waals surface area (Å²) >= 11 is 3.25. The van der Waals surface area contributed by atoms with Gasteiger partial charge in [0.05, 0.1) is 23.1 Å². The second-order valence-corrected chi connectivity index (χ2v) is 18.4. The van der Waals surface area contributed by atoms with Crippen molar-refractivity contribution < 1.29 is 19.8 Å². The zero-order valence-corrected chi connectivity index (χ0v) is 30.4. The average Bonchev–Trinajstić information content (AvgIpc) is 3.83. The van der Waals surface area contributed by atoms with Gasteiger partial charge in [0.2, 0.25) is 0 Å². The third kappa shape index (κ3) is 4.91. The lowest BCUT2D eigenvalue weighted by Crippen LogP contribution is -2.67. The Morgan fingerprint density at radius 1 is 0.939 bits per heavy atom. The number of carbonyl (C=O) groups is 2. The highest BCUT2D eigenvalue weighted by Gasteiger charge is 2.74. The van der Waals surface area contributed by atoms with Crippen LogP contribution >= 0.6 is 22.7 Å². The smallest absolute Gasteiger partial charge is 0.321 e. The van der Waals surface area contributed by atoms with Gasteiger partial charge in [0.15, 0.2) is 5.78 Å². The molecule has 3 aromatic rings. The number of aryl methyl sites for hydroxylation is 1. The Kier molecular flexibility index (Phi) is 7.95. The molecule has 49 heavy (non-hydrogen) atoms. The molecule has 2 amide bonds. The molecule has 3 N–H and O–H groups in total. The molecule has 3 fully saturated rings. The van der Waals surface area contributed by atoms with Crippen molar-refractivity contribution in [1.29, 1.82) is 0 Å². The molecule has 0 aliphatic heterocycles. The number of hydrogen-bond acceptors (Lipinski definition) is 6. The van der Waals surface area contributed by atoms with Crippen LogP contribution in [-0.4, -0.2) is 51.7 Å². The number of aliphatic hydroxyl groups excluding tert-OH is 1. The summed E-state index contributed by atoms with van der Waals surface area (Å²) < 4.78 is 0. The van der Waals surface area contributed by atoms with Crippen LogP contribution in [0.5, 0.6) is 0 Å². The lowest BCUT2D eigenvalue weighted by atomic mass is 9.32. The number of rotatable bonds is 8. The lowest BCUT2D eigenvalue weighted by Gasteiger charge is -2.71. The quantitative estimate of drug-likeness (QED) is 0.163. The number of para-hydroxylation sites is 1. The number of thiophene rings is 2. The zero-order chi connectivity index (χ0) is 34.2. The maximum absolute atomic E-state index is 14.7. The van der Waals surface area contributed by atoms with Crippen molar-refractivity contribution in [3.05, 3.63) is 98.4 Å². The molecule has 2 spiro atoms. The van der Waals surface area contributed by atoms with E-state index in [4.69, 9.17) is 0 Å². The van der Waals surface area contributed by atoms with Crippen molar-refractivity contribution in [1.82, 2.24) is 4.90 Å². The molecule has 1 aromatic carbocycles. The van der Waals surface area contributed by atoms with Gasteiger partial charge in [-0.05, 0) is 111 Å². The summed E-state index contributed by atoms with van der Waals surface area (Å²) in [5, 5.41) is 29.1. The molecule has 258 valence electrons. The summed E-state index contributed by atoms with van der Waals surface area (Å²) in [6, 6.07) is 17.5. The highest BCUT2D eigenvalue weighted by Crippen LogP contribution is 2.78. The van der Waals surface area contributed by atoms with Crippen molar-refractivity contribution in [3.8, 4) is 0 Å². The van der Waals surface area contributed by atoms with Crippen LogP contribution in [0.3, 0.4) is 0 Å². The third-order valence-electron chi connectivity index (χ3n) is 13.9. The van der Waals surface area contributed by atoms with Crippen LogP contribution in [0.15, 0.2) is 83.8 Å². The minimum absolute atomic E-state index is 0.0366. The second-order valence-electron chi connectivity index (χ2n) is 16.1. The number of ketones is 1. The summed E-state index contributed by atoms with van der Waals surface area (Å²) in [6.07, 6.45) is 12.8. The summed E-state index contributed by atoms with van der Waals surface area (Å²) in [5.41, 5.74) is -0.987. The number of Topliss-reactive ketones (excluding diaryl/α,β-unsaturated/α-hetero) is 1. The molecule has 8 atom stereocenters. The van der Waals surface area contributed by atoms with Gasteiger partial charge in [-0.3, -0.25) is 4.79 Å². The minimum atomic E-state index is -1.13. The fraction of sp³-hybridized carbons (Fsp3) is 0.512. The Bertz CT molecular complexity index is 1820. The largest absolute Gasteiger partial charge is 0.393 e. The van der Waals surface area contributed by atoms with Gasteiger partial charge in [-0.1, -0.05) is 56.3 Å². The number of amides is 2. The van der Waals surface area contributed by atoms with E-state index in [9.17, 15) is 19.8 Å². The SMILES string of the molecule is Cc1ccc(C(=O)C2=C[C@@]34C=C[C@@]25[C@@H]2CC[C@@](O)(CN(CCc6cccs6)C(=O)Nc6ccccc6)[C@@]2(C)CC[C@@H]5[C@@]3(C)CCC(O)C4)s1. The van der Waals surface area contributed by atoms with E-state index in [1.54, 1.807) is 22.7 Å². The fourth-order valence-electron chi connectivity index (χ4n) is 11.3. The Morgan fingerprint density at radius 3 is 2.43 bits per heavy atom. The number of urea groups is 1. The third-order valence-corrected chi connectivity index (χ3v) is 15.8. The number of aliphatic hydroxyl groups is 2. The first-order valence-corrected chi connectivity index (χ1v) is 19.7. The van der Waals surface area contributed by atoms with Gasteiger partial charge in [-0.2, -0.15) is 0 Å². The molecular weight excluding hydrogens is 649 g/mol. The van der Waals surface area contributed by atoms with Gasteiger partial charge in [-0.15, -0.1) is 22.7 Å². The van der Waals surface area contributed by atoms with Crippen molar-refractivity contribution in [3.63, 3.8) is 0 Å². The van der Waals surface area contributed by atoms with Gasteiger partial charge in [-0.25, -0.2) is 4.79 Å². The van der Waals surface area contributed by atoms with E-state index in [-0.39, 0.29) is 47.1 Å². The van der Waals surface area contributed by atoms with Gasteiger partial charge in [0.25, 0.3) is 0 Å². The van der Waals surface area contributed by atoms with E-state index in [0.29, 0.717) is 19.4 Å². The molecule has 8 heteroatoms. The van der Waals surface area contributed by atoms with Gasteiger partial charge in [0, 0.05) is 43.8 Å². The Balaban J connectivity index is 1.17. The Morgan fingerprint density at radius 2 is 1.69 bits per heavy atom. The van der Waals surface area contributed by atoms with Gasteiger partial charge < -0.3 is 20.4 Å². The predicted octanol–water partition coefficient (Wildman–Crippen LogP) is 8.67. The molecule has 6 nitrogen and oxygen atoms in total. The highest BCUT2D eigenvalue weighted by atomic mass is 32.1. The van der Waals surface area contributed by atoms with Crippen LogP contribution in [0.25, 0.3) is 0 Å². The van der Waals surface area contributed by atoms with Crippen molar-refractivity contribution >= 4 is 40.2 Å². The van der Waals surface area contributed by atoms with Crippen LogP contribution in [-0.2, 0) is 6.42 Å². The number of nitrogens with one attached hydrogen (secondary N) is 1. The maximum atomic E-state index is 14.7. The van der Waals surface area contributed by atoms with Crippen LogP contribution < -0.4 is 5.32 Å². The fourth-order valence-corrected chi connectivity index (χ4v) is 12.8. The molecule has 0 radical (unpaired) electrons. The summed E-state index contributed by atoms with van der Waals surface area (Å²) in [6.45, 7) is 7.44. The molecule has 3 saturated carbocycles. The molecular formula is C41H48N2O4S2. The van der Waals surface area contributed by atoms with Gasteiger partial charge in [0.1, 0.15) is 0 Å². The monoisotopic (exact) mass is 696 g/mol. The molecule has 0 saturated heterocycles. The molecule has 1 unspecified atom stereocenters. The summed E-state index contributed by atoms with van der Waals surface area (Å²) in [7, 11) is 0. The molecule has 6 aliphatic carbocycles. The van der Waals surface area contributed by atoms with E-state index < -0.39 is 16.4 Å². The molecule has 6 aliphatic rings. The number of carbonyl (C=O) groups excluding carboxylic acids is 2. The van der Waals surface area contributed by atoms with E-state index in [0.717, 1.165) is 59.5 Å². The molecule has 9 rings (SSSR count). The average molecular weight is 697 g/mol. The predicted molar refractivity (Wildman–Crippen MR) is 197 cm³/mol. The zero-order valence-electron chi connectivity index (χ0n) is 28.8. The van der Waals surface area contributed by atoms with E-state index >= 15 is 0 Å². The molecule has 2 aromatic heterocycles. The maximum Gasteiger partial charge on any atom is 0.321 e. The molecule has 2 heterocycles. The number of hydrogen-bond donors (Lipinski definition) is 3. The number of benzene rings is 1.